The molecular weight excluding hydrogens is 332 g/mol. The number of nitrogens with one attached hydrogen (secondary N) is 2. The molecule has 2 N–H and O–H groups in total. The molecule has 2 amide bonds. The molecule has 0 radical (unpaired) electrons. The Morgan fingerprint density at radius 1 is 1.21 bits per heavy atom. The number of benzene rings is 1. The molecule has 19 heavy (non-hydrogen) atoms. The monoisotopic (exact) mass is 346 g/mol. The molecular formula is C13H16BrClN2O2. The van der Waals surface area contributed by atoms with Gasteiger partial charge in [0.1, 0.15) is 0 Å². The lowest BCUT2D eigenvalue weighted by Crippen LogP contribution is -2.36. The van der Waals surface area contributed by atoms with Gasteiger partial charge in [-0.2, -0.15) is 0 Å². The zero-order valence-electron chi connectivity index (χ0n) is 10.8. The summed E-state index contributed by atoms with van der Waals surface area (Å²) in [7, 11) is 0. The summed E-state index contributed by atoms with van der Waals surface area (Å²) in [5.74, 6) is -0.304. The van der Waals surface area contributed by atoms with Crippen molar-refractivity contribution >= 4 is 39.3 Å². The van der Waals surface area contributed by atoms with Crippen LogP contribution in [0.5, 0.6) is 0 Å². The second-order valence-electron chi connectivity index (χ2n) is 4.36. The predicted octanol–water partition coefficient (Wildman–Crippen LogP) is 2.60. The Labute approximate surface area is 126 Å². The number of amides is 2. The van der Waals surface area contributed by atoms with Crippen LogP contribution >= 0.6 is 27.5 Å². The number of carbonyl (C=O) groups excluding carboxylic acids is 2. The van der Waals surface area contributed by atoms with Gasteiger partial charge in [-0.3, -0.25) is 9.59 Å². The third kappa shape index (κ3) is 5.61. The molecule has 0 saturated carbocycles. The van der Waals surface area contributed by atoms with Gasteiger partial charge in [-0.15, -0.1) is 0 Å². The molecule has 0 spiro atoms. The summed E-state index contributed by atoms with van der Waals surface area (Å²) in [6.45, 7) is 4.42. The van der Waals surface area contributed by atoms with Gasteiger partial charge in [0, 0.05) is 34.1 Å². The Kier molecular flexibility index (Phi) is 6.31. The molecule has 1 rings (SSSR count). The number of hydrogen-bond acceptors (Lipinski definition) is 2. The van der Waals surface area contributed by atoms with Crippen molar-refractivity contribution in [2.75, 3.05) is 13.1 Å². The average Bonchev–Trinajstić information content (AvgIpc) is 2.32. The van der Waals surface area contributed by atoms with Crippen molar-refractivity contribution in [3.63, 3.8) is 0 Å². The molecule has 0 heterocycles. The molecule has 6 heteroatoms. The quantitative estimate of drug-likeness (QED) is 0.804. The highest BCUT2D eigenvalue weighted by Gasteiger charge is 2.08. The van der Waals surface area contributed by atoms with Crippen LogP contribution in [-0.4, -0.2) is 24.9 Å². The minimum atomic E-state index is -0.220. The molecule has 0 saturated heterocycles. The van der Waals surface area contributed by atoms with Gasteiger partial charge in [0.15, 0.2) is 0 Å². The van der Waals surface area contributed by atoms with Gasteiger partial charge < -0.3 is 10.6 Å². The Hall–Kier alpha value is -1.07. The van der Waals surface area contributed by atoms with Crippen LogP contribution in [-0.2, 0) is 4.79 Å². The van der Waals surface area contributed by atoms with Gasteiger partial charge in [0.2, 0.25) is 5.91 Å². The van der Waals surface area contributed by atoms with E-state index in [0.29, 0.717) is 23.7 Å². The number of rotatable bonds is 5. The first-order valence-electron chi connectivity index (χ1n) is 5.92. The molecule has 0 fully saturated rings. The summed E-state index contributed by atoms with van der Waals surface area (Å²) in [6, 6.07) is 4.99. The Balaban J connectivity index is 2.41. The fourth-order valence-corrected chi connectivity index (χ4v) is 2.21. The van der Waals surface area contributed by atoms with E-state index in [4.69, 9.17) is 11.6 Å². The van der Waals surface area contributed by atoms with Crippen molar-refractivity contribution in [2.24, 2.45) is 5.92 Å². The van der Waals surface area contributed by atoms with Crippen molar-refractivity contribution in [2.45, 2.75) is 13.8 Å². The number of carbonyl (C=O) groups is 2. The smallest absolute Gasteiger partial charge is 0.251 e. The maximum atomic E-state index is 11.8. The topological polar surface area (TPSA) is 58.2 Å². The molecule has 1 aromatic carbocycles. The average molecular weight is 348 g/mol. The molecule has 0 aliphatic heterocycles. The third-order valence-electron chi connectivity index (χ3n) is 2.36. The molecule has 1 aromatic rings. The minimum Gasteiger partial charge on any atom is -0.354 e. The number of halogens is 2. The first-order chi connectivity index (χ1) is 8.90. The zero-order valence-corrected chi connectivity index (χ0v) is 13.1. The first-order valence-corrected chi connectivity index (χ1v) is 7.09. The SMILES string of the molecule is CC(C)C(=O)NCCNC(=O)c1cc(Cl)cc(Br)c1. The van der Waals surface area contributed by atoms with Gasteiger partial charge in [-0.25, -0.2) is 0 Å². The molecule has 0 aliphatic rings. The minimum absolute atomic E-state index is 0.0280. The van der Waals surface area contributed by atoms with Gasteiger partial charge in [0.25, 0.3) is 5.91 Å². The van der Waals surface area contributed by atoms with Crippen molar-refractivity contribution in [1.82, 2.24) is 10.6 Å². The van der Waals surface area contributed by atoms with Gasteiger partial charge in [-0.05, 0) is 18.2 Å². The maximum Gasteiger partial charge on any atom is 0.251 e. The van der Waals surface area contributed by atoms with Crippen LogP contribution in [0.2, 0.25) is 5.02 Å². The Morgan fingerprint density at radius 2 is 1.84 bits per heavy atom. The van der Waals surface area contributed by atoms with E-state index in [0.717, 1.165) is 4.47 Å². The summed E-state index contributed by atoms with van der Waals surface area (Å²) >= 11 is 9.14. The van der Waals surface area contributed by atoms with Crippen LogP contribution in [0.15, 0.2) is 22.7 Å². The normalized spacial score (nSPS) is 10.4. The van der Waals surface area contributed by atoms with E-state index in [1.807, 2.05) is 13.8 Å². The van der Waals surface area contributed by atoms with Crippen LogP contribution in [0.25, 0.3) is 0 Å². The molecule has 4 nitrogen and oxygen atoms in total. The second-order valence-corrected chi connectivity index (χ2v) is 5.71. The van der Waals surface area contributed by atoms with Gasteiger partial charge in [0.05, 0.1) is 0 Å². The van der Waals surface area contributed by atoms with Crippen molar-refractivity contribution in [1.29, 1.82) is 0 Å². The number of hydrogen-bond donors (Lipinski definition) is 2. The fourth-order valence-electron chi connectivity index (χ4n) is 1.35. The van der Waals surface area contributed by atoms with Gasteiger partial charge >= 0.3 is 0 Å². The summed E-state index contributed by atoms with van der Waals surface area (Å²) in [6.07, 6.45) is 0. The van der Waals surface area contributed by atoms with E-state index in [9.17, 15) is 9.59 Å². The first kappa shape index (κ1) is 16.0. The van der Waals surface area contributed by atoms with E-state index < -0.39 is 0 Å². The van der Waals surface area contributed by atoms with Gasteiger partial charge in [-0.1, -0.05) is 41.4 Å². The Bertz CT molecular complexity index is 457. The van der Waals surface area contributed by atoms with E-state index in [1.54, 1.807) is 18.2 Å². The summed E-state index contributed by atoms with van der Waals surface area (Å²) in [5, 5.41) is 5.93. The molecule has 0 unspecified atom stereocenters. The molecule has 0 atom stereocenters. The predicted molar refractivity (Wildman–Crippen MR) is 79.3 cm³/mol. The highest BCUT2D eigenvalue weighted by molar-refractivity contribution is 9.10. The highest BCUT2D eigenvalue weighted by atomic mass is 79.9. The standard InChI is InChI=1S/C13H16BrClN2O2/c1-8(2)12(18)16-3-4-17-13(19)9-5-10(14)7-11(15)6-9/h5-8H,3-4H2,1-2H3,(H,16,18)(H,17,19). The summed E-state index contributed by atoms with van der Waals surface area (Å²) in [5.41, 5.74) is 0.481. The molecule has 0 bridgehead atoms. The van der Waals surface area contributed by atoms with Crippen LogP contribution < -0.4 is 10.6 Å². The van der Waals surface area contributed by atoms with E-state index in [1.165, 1.54) is 0 Å². The lowest BCUT2D eigenvalue weighted by Gasteiger charge is -2.09. The largest absolute Gasteiger partial charge is 0.354 e. The molecule has 0 aromatic heterocycles. The molecule has 104 valence electrons. The third-order valence-corrected chi connectivity index (χ3v) is 3.03. The summed E-state index contributed by atoms with van der Waals surface area (Å²) < 4.78 is 0.748. The van der Waals surface area contributed by atoms with Crippen LogP contribution in [0.1, 0.15) is 24.2 Å². The zero-order chi connectivity index (χ0) is 14.4. The highest BCUT2D eigenvalue weighted by Crippen LogP contribution is 2.19. The van der Waals surface area contributed by atoms with Crippen LogP contribution in [0.3, 0.4) is 0 Å². The Morgan fingerprint density at radius 3 is 2.42 bits per heavy atom. The second kappa shape index (κ2) is 7.50. The van der Waals surface area contributed by atoms with E-state index in [2.05, 4.69) is 26.6 Å². The van der Waals surface area contributed by atoms with Crippen LogP contribution in [0.4, 0.5) is 0 Å². The van der Waals surface area contributed by atoms with E-state index in [-0.39, 0.29) is 17.7 Å². The van der Waals surface area contributed by atoms with Crippen LogP contribution in [0, 0.1) is 5.92 Å². The fraction of sp³-hybridized carbons (Fsp3) is 0.385. The van der Waals surface area contributed by atoms with Crippen molar-refractivity contribution in [3.05, 3.63) is 33.3 Å². The lowest BCUT2D eigenvalue weighted by molar-refractivity contribution is -0.123. The van der Waals surface area contributed by atoms with Crippen molar-refractivity contribution < 1.29 is 9.59 Å². The summed E-state index contributed by atoms with van der Waals surface area (Å²) in [4.78, 5) is 23.1. The van der Waals surface area contributed by atoms with Crippen molar-refractivity contribution in [3.8, 4) is 0 Å². The maximum absolute atomic E-state index is 11.8. The molecule has 0 aliphatic carbocycles. The van der Waals surface area contributed by atoms with E-state index >= 15 is 0 Å². The lowest BCUT2D eigenvalue weighted by atomic mass is 10.2.